The van der Waals surface area contributed by atoms with Gasteiger partial charge in [0.25, 0.3) is 5.69 Å². The number of anilines is 3. The third kappa shape index (κ3) is 7.35. The number of aryl methyl sites for hydroxylation is 1. The second-order valence-electron chi connectivity index (χ2n) is 8.07. The van der Waals surface area contributed by atoms with Crippen molar-refractivity contribution in [2.45, 2.75) is 24.0 Å². The van der Waals surface area contributed by atoms with Crippen LogP contribution in [-0.2, 0) is 4.79 Å². The summed E-state index contributed by atoms with van der Waals surface area (Å²) < 4.78 is 0. The normalized spacial score (nSPS) is 11.4. The number of carbonyl (C=O) groups excluding carboxylic acids is 1. The van der Waals surface area contributed by atoms with Crippen molar-refractivity contribution in [3.63, 3.8) is 0 Å². The number of hydrogen-bond acceptors (Lipinski definition) is 7. The molecule has 0 radical (unpaired) electrons. The second-order valence-corrected chi connectivity index (χ2v) is 10.7. The second kappa shape index (κ2) is 12.0. The van der Waals surface area contributed by atoms with Crippen LogP contribution in [0.15, 0.2) is 83.1 Å². The topological polar surface area (TPSA) is 109 Å². The molecule has 1 atom stereocenters. The third-order valence-corrected chi connectivity index (χ3v) is 7.23. The van der Waals surface area contributed by atoms with Crippen LogP contribution in [-0.4, -0.2) is 26.2 Å². The number of rotatable bonds is 8. The summed E-state index contributed by atoms with van der Waals surface area (Å²) in [5.41, 5.74) is 4.05. The van der Waals surface area contributed by atoms with Gasteiger partial charge in [0, 0.05) is 39.3 Å². The van der Waals surface area contributed by atoms with Crippen LogP contribution >= 0.6 is 35.3 Å². The predicted octanol–water partition coefficient (Wildman–Crippen LogP) is 6.95. The Kier molecular flexibility index (Phi) is 8.49. The summed E-state index contributed by atoms with van der Waals surface area (Å²) in [5.74, 6) is -0.195. The highest BCUT2D eigenvalue weighted by molar-refractivity contribution is 8.00. The Morgan fingerprint density at radius 1 is 1.03 bits per heavy atom. The molecule has 11 heteroatoms. The van der Waals surface area contributed by atoms with E-state index in [4.69, 9.17) is 12.2 Å². The van der Waals surface area contributed by atoms with Crippen molar-refractivity contribution in [2.75, 3.05) is 16.0 Å². The molecule has 4 aromatic rings. The van der Waals surface area contributed by atoms with E-state index in [0.717, 1.165) is 16.3 Å². The van der Waals surface area contributed by atoms with Crippen molar-refractivity contribution >= 4 is 68.5 Å². The van der Waals surface area contributed by atoms with E-state index in [-0.39, 0.29) is 11.6 Å². The first-order valence-electron chi connectivity index (χ1n) is 11.2. The molecule has 0 bridgehead atoms. The average Bonchev–Trinajstić information content (AvgIpc) is 3.34. The summed E-state index contributed by atoms with van der Waals surface area (Å²) in [5, 5.41) is 22.5. The number of amides is 1. The summed E-state index contributed by atoms with van der Waals surface area (Å²) in [6.07, 6.45) is 0. The summed E-state index contributed by atoms with van der Waals surface area (Å²) in [7, 11) is 0. The van der Waals surface area contributed by atoms with Crippen LogP contribution in [0.2, 0.25) is 0 Å². The standard InChI is InChI=1S/C26H23N5O3S3/c1-16-9-11-19(12-10-16)27-25(35)28-20-6-4-8-22(14-20)37-17(2)24(32)30-26-29-23(15-36-26)18-5-3-7-21(13-18)31(33)34/h3-15,17H,1-2H3,(H2,27,28,35)(H,29,30,32). The van der Waals surface area contributed by atoms with Crippen molar-refractivity contribution in [2.24, 2.45) is 0 Å². The van der Waals surface area contributed by atoms with Crippen molar-refractivity contribution in [1.82, 2.24) is 4.98 Å². The van der Waals surface area contributed by atoms with Gasteiger partial charge in [-0.15, -0.1) is 23.1 Å². The number of nitro benzene ring substituents is 1. The molecule has 3 N–H and O–H groups in total. The van der Waals surface area contributed by atoms with Crippen LogP contribution in [0.1, 0.15) is 12.5 Å². The minimum absolute atomic E-state index is 0.00970. The summed E-state index contributed by atoms with van der Waals surface area (Å²) in [6.45, 7) is 3.85. The molecule has 0 aliphatic heterocycles. The van der Waals surface area contributed by atoms with Crippen molar-refractivity contribution in [3.8, 4) is 11.3 Å². The molecule has 3 aromatic carbocycles. The Morgan fingerprint density at radius 3 is 2.51 bits per heavy atom. The maximum absolute atomic E-state index is 12.8. The van der Waals surface area contributed by atoms with Gasteiger partial charge in [0.15, 0.2) is 10.2 Å². The molecule has 4 rings (SSSR count). The lowest BCUT2D eigenvalue weighted by Crippen LogP contribution is -2.22. The molecule has 0 fully saturated rings. The Labute approximate surface area is 227 Å². The zero-order chi connectivity index (χ0) is 26.4. The predicted molar refractivity (Wildman–Crippen MR) is 156 cm³/mol. The van der Waals surface area contributed by atoms with Gasteiger partial charge in [0.1, 0.15) is 0 Å². The van der Waals surface area contributed by atoms with Gasteiger partial charge in [-0.25, -0.2) is 4.98 Å². The van der Waals surface area contributed by atoms with Gasteiger partial charge in [-0.05, 0) is 56.4 Å². The van der Waals surface area contributed by atoms with Gasteiger partial charge in [0.2, 0.25) is 5.91 Å². The number of nitro groups is 1. The van der Waals surface area contributed by atoms with Crippen molar-refractivity contribution < 1.29 is 9.72 Å². The molecule has 0 saturated carbocycles. The summed E-state index contributed by atoms with van der Waals surface area (Å²) in [6, 6.07) is 21.9. The zero-order valence-corrected chi connectivity index (χ0v) is 22.4. The van der Waals surface area contributed by atoms with E-state index in [0.29, 0.717) is 21.5 Å². The Morgan fingerprint density at radius 2 is 1.76 bits per heavy atom. The van der Waals surface area contributed by atoms with Crippen LogP contribution in [0.3, 0.4) is 0 Å². The number of thiocarbonyl (C=S) groups is 1. The van der Waals surface area contributed by atoms with Crippen molar-refractivity contribution in [3.05, 3.63) is 93.9 Å². The number of nitrogens with one attached hydrogen (secondary N) is 3. The number of aromatic nitrogens is 1. The number of non-ortho nitro benzene ring substituents is 1. The van der Waals surface area contributed by atoms with E-state index >= 15 is 0 Å². The lowest BCUT2D eigenvalue weighted by atomic mass is 10.1. The zero-order valence-electron chi connectivity index (χ0n) is 19.9. The van der Waals surface area contributed by atoms with Gasteiger partial charge < -0.3 is 16.0 Å². The molecular formula is C26H23N5O3S3. The fraction of sp³-hybridized carbons (Fsp3) is 0.115. The SMILES string of the molecule is Cc1ccc(NC(=S)Nc2cccc(SC(C)C(=O)Nc3nc(-c4cccc([N+](=O)[O-])c4)cs3)c2)cc1. The van der Waals surface area contributed by atoms with Crippen LogP contribution < -0.4 is 16.0 Å². The van der Waals surface area contributed by atoms with E-state index in [1.54, 1.807) is 17.5 Å². The van der Waals surface area contributed by atoms with Crippen LogP contribution in [0.4, 0.5) is 22.2 Å². The lowest BCUT2D eigenvalue weighted by molar-refractivity contribution is -0.384. The highest BCUT2D eigenvalue weighted by Crippen LogP contribution is 2.30. The average molecular weight is 550 g/mol. The minimum atomic E-state index is -0.448. The molecule has 1 heterocycles. The molecule has 8 nitrogen and oxygen atoms in total. The smallest absolute Gasteiger partial charge is 0.270 e. The number of nitrogens with zero attached hydrogens (tertiary/aromatic N) is 2. The van der Waals surface area contributed by atoms with E-state index < -0.39 is 10.2 Å². The van der Waals surface area contributed by atoms with Crippen LogP contribution in [0, 0.1) is 17.0 Å². The maximum atomic E-state index is 12.8. The fourth-order valence-corrected chi connectivity index (χ4v) is 5.17. The molecule has 1 unspecified atom stereocenters. The minimum Gasteiger partial charge on any atom is -0.332 e. The van der Waals surface area contributed by atoms with E-state index in [9.17, 15) is 14.9 Å². The first-order valence-corrected chi connectivity index (χ1v) is 13.4. The highest BCUT2D eigenvalue weighted by Gasteiger charge is 2.17. The lowest BCUT2D eigenvalue weighted by Gasteiger charge is -2.13. The number of thioether (sulfide) groups is 1. The molecule has 0 spiro atoms. The molecule has 188 valence electrons. The van der Waals surface area contributed by atoms with Gasteiger partial charge >= 0.3 is 0 Å². The van der Waals surface area contributed by atoms with E-state index in [1.165, 1.54) is 40.8 Å². The number of carbonyl (C=O) groups is 1. The third-order valence-electron chi connectivity index (χ3n) is 5.17. The quantitative estimate of drug-likeness (QED) is 0.0937. The maximum Gasteiger partial charge on any atom is 0.270 e. The highest BCUT2D eigenvalue weighted by atomic mass is 32.2. The fourth-order valence-electron chi connectivity index (χ4n) is 3.28. The Hall–Kier alpha value is -3.80. The first kappa shape index (κ1) is 26.3. The first-order chi connectivity index (χ1) is 17.8. The van der Waals surface area contributed by atoms with E-state index in [2.05, 4.69) is 20.9 Å². The molecule has 1 amide bonds. The van der Waals surface area contributed by atoms with Gasteiger partial charge in [-0.1, -0.05) is 35.9 Å². The molecule has 37 heavy (non-hydrogen) atoms. The largest absolute Gasteiger partial charge is 0.332 e. The molecule has 0 saturated heterocycles. The van der Waals surface area contributed by atoms with Gasteiger partial charge in [0.05, 0.1) is 15.9 Å². The van der Waals surface area contributed by atoms with E-state index in [1.807, 2.05) is 62.4 Å². The number of thiazole rings is 1. The number of benzene rings is 3. The van der Waals surface area contributed by atoms with Crippen LogP contribution in [0.25, 0.3) is 11.3 Å². The Bertz CT molecular complexity index is 1440. The number of hydrogen-bond donors (Lipinski definition) is 3. The van der Waals surface area contributed by atoms with Crippen molar-refractivity contribution in [1.29, 1.82) is 0 Å². The molecule has 0 aliphatic rings. The molecular weight excluding hydrogens is 527 g/mol. The monoisotopic (exact) mass is 549 g/mol. The Balaban J connectivity index is 1.33. The summed E-state index contributed by atoms with van der Waals surface area (Å²) in [4.78, 5) is 28.7. The summed E-state index contributed by atoms with van der Waals surface area (Å²) >= 11 is 8.10. The van der Waals surface area contributed by atoms with Crippen LogP contribution in [0.5, 0.6) is 0 Å². The molecule has 1 aromatic heterocycles. The van der Waals surface area contributed by atoms with Gasteiger partial charge in [-0.2, -0.15) is 0 Å². The molecule has 0 aliphatic carbocycles. The van der Waals surface area contributed by atoms with Gasteiger partial charge in [-0.3, -0.25) is 14.9 Å².